The Morgan fingerprint density at radius 1 is 0.395 bits per heavy atom. The summed E-state index contributed by atoms with van der Waals surface area (Å²) in [7, 11) is 0. The maximum Gasteiger partial charge on any atom is 0.305 e. The number of hydrogen-bond donors (Lipinski definition) is 1. The van der Waals surface area contributed by atoms with E-state index in [2.05, 4.69) is 0 Å². The van der Waals surface area contributed by atoms with Gasteiger partial charge < -0.3 is 57.2 Å². The van der Waals surface area contributed by atoms with Crippen LogP contribution in [0.4, 0.5) is 0 Å². The fourth-order valence-electron chi connectivity index (χ4n) is 3.12. The minimum absolute atomic E-state index is 0.000992. The zero-order valence-corrected chi connectivity index (χ0v) is 25.5. The Labute approximate surface area is 255 Å². The van der Waals surface area contributed by atoms with E-state index < -0.39 is 5.97 Å². The summed E-state index contributed by atoms with van der Waals surface area (Å²) in [6, 6.07) is 10.1. The lowest BCUT2D eigenvalue weighted by Crippen LogP contribution is -2.15. The first-order valence-corrected chi connectivity index (χ1v) is 14.9. The van der Waals surface area contributed by atoms with Gasteiger partial charge in [0.25, 0.3) is 0 Å². The largest absolute Gasteiger partial charge is 0.481 e. The summed E-state index contributed by atoms with van der Waals surface area (Å²) in [5.74, 6) is -0.873. The maximum absolute atomic E-state index is 10.3. The van der Waals surface area contributed by atoms with Crippen LogP contribution in [0.5, 0.6) is 0 Å². The molecular weight excluding hydrogens is 568 g/mol. The third kappa shape index (κ3) is 31.5. The fourth-order valence-corrected chi connectivity index (χ4v) is 3.12. The van der Waals surface area contributed by atoms with E-state index >= 15 is 0 Å². The van der Waals surface area contributed by atoms with Crippen LogP contribution in [0, 0.1) is 0 Å². The van der Waals surface area contributed by atoms with Gasteiger partial charge in [0.1, 0.15) is 0 Å². The molecule has 0 heterocycles. The van der Waals surface area contributed by atoms with Crippen molar-refractivity contribution < 1.29 is 62.0 Å². The summed E-state index contributed by atoms with van der Waals surface area (Å²) in [6.45, 7) is 10.6. The predicted octanol–water partition coefficient (Wildman–Crippen LogP) is 1.84. The molecule has 0 saturated heterocycles. The second kappa shape index (κ2) is 33.1. The van der Waals surface area contributed by atoms with Crippen molar-refractivity contribution in [1.29, 1.82) is 0 Å². The molecule has 0 aliphatic carbocycles. The molecule has 0 spiro atoms. The number of rotatable bonds is 35. The minimum Gasteiger partial charge on any atom is -0.481 e. The molecule has 1 N–H and O–H groups in total. The lowest BCUT2D eigenvalue weighted by atomic mass is 10.2. The highest BCUT2D eigenvalue weighted by molar-refractivity contribution is 5.66. The Bertz CT molecular complexity index is 696. The van der Waals surface area contributed by atoms with Gasteiger partial charge in [0.05, 0.1) is 152 Å². The zero-order valence-electron chi connectivity index (χ0n) is 25.5. The van der Waals surface area contributed by atoms with Gasteiger partial charge in [-0.25, -0.2) is 0 Å². The highest BCUT2D eigenvalue weighted by atomic mass is 16.6. The topological polar surface area (TPSA) is 139 Å². The van der Waals surface area contributed by atoms with E-state index in [1.165, 1.54) is 0 Å². The van der Waals surface area contributed by atoms with Crippen LogP contribution in [0.25, 0.3) is 0 Å². The van der Waals surface area contributed by atoms with Crippen LogP contribution < -0.4 is 0 Å². The molecule has 0 fully saturated rings. The molecule has 250 valence electrons. The van der Waals surface area contributed by atoms with Gasteiger partial charge in [-0.3, -0.25) is 4.79 Å². The number of ether oxygens (including phenoxy) is 11. The number of carbonyl (C=O) groups is 1. The van der Waals surface area contributed by atoms with Crippen molar-refractivity contribution in [2.24, 2.45) is 0 Å². The quantitative estimate of drug-likeness (QED) is 0.111. The molecule has 0 unspecified atom stereocenters. The van der Waals surface area contributed by atoms with E-state index in [1.54, 1.807) is 0 Å². The summed E-state index contributed by atoms with van der Waals surface area (Å²) >= 11 is 0. The number of hydrogen-bond acceptors (Lipinski definition) is 12. The molecule has 0 atom stereocenters. The molecule has 0 aliphatic heterocycles. The van der Waals surface area contributed by atoms with Crippen LogP contribution in [-0.4, -0.2) is 150 Å². The second-order valence-corrected chi connectivity index (χ2v) is 8.81. The van der Waals surface area contributed by atoms with Crippen LogP contribution in [0.1, 0.15) is 12.0 Å². The lowest BCUT2D eigenvalue weighted by molar-refractivity contribution is -0.138. The zero-order chi connectivity index (χ0) is 30.7. The summed E-state index contributed by atoms with van der Waals surface area (Å²) in [5, 5.41) is 8.48. The standard InChI is InChI=1S/C30H52O13/c31-30(32)6-7-33-8-9-34-10-11-35-12-13-36-14-15-37-16-17-38-18-19-39-20-21-40-22-23-41-24-25-42-26-27-43-28-29-4-2-1-3-5-29/h1-5H,6-28H2,(H,31,32). The predicted molar refractivity (Wildman–Crippen MR) is 157 cm³/mol. The molecule has 43 heavy (non-hydrogen) atoms. The molecule has 0 aliphatic rings. The molecule has 0 amide bonds. The Kier molecular flexibility index (Phi) is 30.3. The van der Waals surface area contributed by atoms with Crippen molar-refractivity contribution in [3.05, 3.63) is 35.9 Å². The first kappa shape index (κ1) is 39.3. The molecular formula is C30H52O13. The van der Waals surface area contributed by atoms with Crippen molar-refractivity contribution >= 4 is 5.97 Å². The minimum atomic E-state index is -0.873. The molecule has 1 rings (SSSR count). The maximum atomic E-state index is 10.3. The van der Waals surface area contributed by atoms with Gasteiger partial charge in [0.2, 0.25) is 0 Å². The van der Waals surface area contributed by atoms with E-state index in [1.807, 2.05) is 30.3 Å². The number of benzene rings is 1. The third-order valence-electron chi connectivity index (χ3n) is 5.29. The Morgan fingerprint density at radius 3 is 0.930 bits per heavy atom. The molecule has 13 heteroatoms. The van der Waals surface area contributed by atoms with Gasteiger partial charge in [-0.05, 0) is 5.56 Å². The molecule has 0 bridgehead atoms. The van der Waals surface area contributed by atoms with E-state index in [0.29, 0.717) is 139 Å². The fraction of sp³-hybridized carbons (Fsp3) is 0.767. The smallest absolute Gasteiger partial charge is 0.305 e. The second-order valence-electron chi connectivity index (χ2n) is 8.81. The average Bonchev–Trinajstić information content (AvgIpc) is 3.01. The first-order chi connectivity index (χ1) is 21.3. The van der Waals surface area contributed by atoms with Gasteiger partial charge in [-0.15, -0.1) is 0 Å². The van der Waals surface area contributed by atoms with E-state index in [0.717, 1.165) is 5.56 Å². The molecule has 0 saturated carbocycles. The molecule has 13 nitrogen and oxygen atoms in total. The Balaban J connectivity index is 1.62. The molecule has 0 aromatic heterocycles. The third-order valence-corrected chi connectivity index (χ3v) is 5.29. The molecule has 1 aromatic carbocycles. The van der Waals surface area contributed by atoms with E-state index in [-0.39, 0.29) is 13.0 Å². The van der Waals surface area contributed by atoms with E-state index in [4.69, 9.17) is 57.2 Å². The summed E-state index contributed by atoms with van der Waals surface area (Å²) in [4.78, 5) is 10.3. The Hall–Kier alpha value is -1.75. The molecule has 1 aromatic rings. The summed E-state index contributed by atoms with van der Waals surface area (Å²) < 4.78 is 59.6. The van der Waals surface area contributed by atoms with Crippen LogP contribution in [-0.2, 0) is 63.5 Å². The van der Waals surface area contributed by atoms with E-state index in [9.17, 15) is 4.79 Å². The van der Waals surface area contributed by atoms with Crippen molar-refractivity contribution in [2.45, 2.75) is 13.0 Å². The SMILES string of the molecule is O=C(O)CCOCCOCCOCCOCCOCCOCCOCCOCCOCCOCCOCc1ccccc1. The number of carboxylic acids is 1. The van der Waals surface area contributed by atoms with Gasteiger partial charge in [0, 0.05) is 0 Å². The van der Waals surface area contributed by atoms with Crippen LogP contribution in [0.2, 0.25) is 0 Å². The van der Waals surface area contributed by atoms with Crippen LogP contribution in [0.3, 0.4) is 0 Å². The number of aliphatic carboxylic acids is 1. The van der Waals surface area contributed by atoms with Gasteiger partial charge >= 0.3 is 5.97 Å². The van der Waals surface area contributed by atoms with Gasteiger partial charge in [-0.2, -0.15) is 0 Å². The van der Waals surface area contributed by atoms with Crippen molar-refractivity contribution in [3.8, 4) is 0 Å². The highest BCUT2D eigenvalue weighted by Crippen LogP contribution is 2.00. The first-order valence-electron chi connectivity index (χ1n) is 14.9. The average molecular weight is 621 g/mol. The normalized spacial score (nSPS) is 11.3. The van der Waals surface area contributed by atoms with Crippen LogP contribution in [0.15, 0.2) is 30.3 Å². The van der Waals surface area contributed by atoms with Crippen LogP contribution >= 0.6 is 0 Å². The summed E-state index contributed by atoms with van der Waals surface area (Å²) in [6.07, 6.45) is -0.000992. The summed E-state index contributed by atoms with van der Waals surface area (Å²) in [5.41, 5.74) is 1.15. The van der Waals surface area contributed by atoms with Gasteiger partial charge in [-0.1, -0.05) is 30.3 Å². The molecule has 0 radical (unpaired) electrons. The highest BCUT2D eigenvalue weighted by Gasteiger charge is 1.98. The van der Waals surface area contributed by atoms with Crippen molar-refractivity contribution in [1.82, 2.24) is 0 Å². The monoisotopic (exact) mass is 620 g/mol. The lowest BCUT2D eigenvalue weighted by Gasteiger charge is -2.09. The van der Waals surface area contributed by atoms with Crippen molar-refractivity contribution in [3.63, 3.8) is 0 Å². The van der Waals surface area contributed by atoms with Crippen molar-refractivity contribution in [2.75, 3.05) is 139 Å². The van der Waals surface area contributed by atoms with Gasteiger partial charge in [0.15, 0.2) is 0 Å². The number of carboxylic acid groups (broad SMARTS) is 1. The Morgan fingerprint density at radius 2 is 0.651 bits per heavy atom.